The minimum atomic E-state index is -0.825. The fourth-order valence-corrected chi connectivity index (χ4v) is 7.18. The number of hydrogen-bond acceptors (Lipinski definition) is 6. The number of likely N-dealkylation sites (tertiary alicyclic amines) is 1. The lowest BCUT2D eigenvalue weighted by atomic mass is 9.41. The zero-order valence-corrected chi connectivity index (χ0v) is 17.8. The van der Waals surface area contributed by atoms with Crippen LogP contribution in [0.1, 0.15) is 37.3 Å². The summed E-state index contributed by atoms with van der Waals surface area (Å²) in [5.41, 5.74) is 1.30. The molecule has 158 valence electrons. The number of hydrogen-bond donors (Lipinski definition) is 0. The first-order chi connectivity index (χ1) is 14.0. The number of ether oxygens (including phenoxy) is 4. The normalized spacial score (nSPS) is 37.3. The summed E-state index contributed by atoms with van der Waals surface area (Å²) in [5.74, 6) is 1.79. The van der Waals surface area contributed by atoms with E-state index in [1.54, 1.807) is 14.2 Å². The molecule has 2 unspecified atom stereocenters. The molecule has 29 heavy (non-hydrogen) atoms. The number of rotatable bonds is 4. The van der Waals surface area contributed by atoms with Crippen LogP contribution in [0.15, 0.2) is 12.1 Å². The van der Waals surface area contributed by atoms with E-state index in [1.807, 2.05) is 13.0 Å². The molecule has 2 fully saturated rings. The number of piperidine rings is 1. The van der Waals surface area contributed by atoms with Gasteiger partial charge in [-0.2, -0.15) is 0 Å². The largest absolute Gasteiger partial charge is 0.493 e. The van der Waals surface area contributed by atoms with Crippen LogP contribution in [-0.2, 0) is 26.1 Å². The summed E-state index contributed by atoms with van der Waals surface area (Å²) >= 11 is 0. The summed E-state index contributed by atoms with van der Waals surface area (Å²) in [6, 6.07) is 4.60. The highest BCUT2D eigenvalue weighted by atomic mass is 16.6. The van der Waals surface area contributed by atoms with Crippen LogP contribution in [0.4, 0.5) is 0 Å². The lowest BCUT2D eigenvalue weighted by Crippen LogP contribution is -2.75. The molecular weight excluding hydrogens is 370 g/mol. The molecule has 1 spiro atoms. The number of esters is 1. The van der Waals surface area contributed by atoms with Gasteiger partial charge >= 0.3 is 5.97 Å². The van der Waals surface area contributed by atoms with Crippen molar-refractivity contribution in [2.45, 2.75) is 50.2 Å². The number of carbonyl (C=O) groups is 1. The molecule has 0 aromatic heterocycles. The zero-order chi connectivity index (χ0) is 20.4. The van der Waals surface area contributed by atoms with Gasteiger partial charge in [0.1, 0.15) is 12.0 Å². The Bertz CT molecular complexity index is 841. The van der Waals surface area contributed by atoms with E-state index >= 15 is 0 Å². The van der Waals surface area contributed by atoms with E-state index in [0.717, 1.165) is 43.7 Å². The minimum absolute atomic E-state index is 0.166. The third-order valence-electron chi connectivity index (χ3n) is 8.28. The molecule has 2 bridgehead atoms. The van der Waals surface area contributed by atoms with Gasteiger partial charge in [0.25, 0.3) is 0 Å². The third kappa shape index (κ3) is 2.17. The summed E-state index contributed by atoms with van der Waals surface area (Å²) < 4.78 is 23.8. The summed E-state index contributed by atoms with van der Waals surface area (Å²) in [7, 11) is 5.63. The Morgan fingerprint density at radius 3 is 2.86 bits per heavy atom. The maximum absolute atomic E-state index is 13.7. The smallest absolute Gasteiger partial charge is 0.319 e. The van der Waals surface area contributed by atoms with E-state index in [4.69, 9.17) is 18.9 Å². The molecule has 2 aliphatic carbocycles. The van der Waals surface area contributed by atoms with Crippen LogP contribution in [0.25, 0.3) is 0 Å². The minimum Gasteiger partial charge on any atom is -0.493 e. The standard InChI is InChI=1S/C23H31NO5/c1-5-28-21(25)23-13-29-20-17(26-3)8-6-14-12-16-15(7-9-18(23)27-4)22(23,19(14)20)10-11-24(16)2/h6,8,15-16,18H,5,7,9-13H2,1-4H3/t15?,16-,18?,22+,23+/m1/s1. The molecule has 1 saturated heterocycles. The number of carbonyl (C=O) groups excluding carboxylic acids is 1. The molecule has 0 radical (unpaired) electrons. The molecule has 4 aliphatic rings. The number of benzene rings is 1. The average molecular weight is 402 g/mol. The van der Waals surface area contributed by atoms with Crippen molar-refractivity contribution in [3.05, 3.63) is 23.3 Å². The van der Waals surface area contributed by atoms with Gasteiger partial charge in [0.05, 0.1) is 19.8 Å². The zero-order valence-electron chi connectivity index (χ0n) is 17.8. The van der Waals surface area contributed by atoms with Crippen molar-refractivity contribution in [3.63, 3.8) is 0 Å². The van der Waals surface area contributed by atoms with Crippen LogP contribution in [0, 0.1) is 11.3 Å². The Hall–Kier alpha value is -1.79. The Balaban J connectivity index is 1.83. The predicted octanol–water partition coefficient (Wildman–Crippen LogP) is 2.56. The number of likely N-dealkylation sites (N-methyl/N-ethyl adjacent to an activating group) is 1. The van der Waals surface area contributed by atoms with E-state index in [1.165, 1.54) is 11.1 Å². The molecule has 2 aliphatic heterocycles. The maximum atomic E-state index is 13.7. The van der Waals surface area contributed by atoms with Gasteiger partial charge < -0.3 is 23.8 Å². The molecule has 5 atom stereocenters. The first-order valence-electron chi connectivity index (χ1n) is 10.8. The molecule has 6 nitrogen and oxygen atoms in total. The number of methoxy groups -OCH3 is 2. The molecule has 0 N–H and O–H groups in total. The Labute approximate surface area is 172 Å². The second-order valence-corrected chi connectivity index (χ2v) is 8.99. The van der Waals surface area contributed by atoms with Crippen LogP contribution in [0.3, 0.4) is 0 Å². The van der Waals surface area contributed by atoms with Crippen molar-refractivity contribution in [1.29, 1.82) is 0 Å². The Morgan fingerprint density at radius 2 is 2.14 bits per heavy atom. The Morgan fingerprint density at radius 1 is 1.31 bits per heavy atom. The first-order valence-corrected chi connectivity index (χ1v) is 10.8. The summed E-state index contributed by atoms with van der Waals surface area (Å²) in [6.45, 7) is 3.47. The molecule has 1 aromatic carbocycles. The molecular formula is C23H31NO5. The van der Waals surface area contributed by atoms with Gasteiger partial charge in [0.2, 0.25) is 0 Å². The lowest BCUT2D eigenvalue weighted by Gasteiger charge is -2.67. The van der Waals surface area contributed by atoms with Crippen molar-refractivity contribution >= 4 is 5.97 Å². The van der Waals surface area contributed by atoms with Gasteiger partial charge in [0.15, 0.2) is 11.5 Å². The second kappa shape index (κ2) is 6.61. The van der Waals surface area contributed by atoms with Crippen molar-refractivity contribution in [2.24, 2.45) is 11.3 Å². The van der Waals surface area contributed by atoms with Crippen molar-refractivity contribution in [3.8, 4) is 11.5 Å². The van der Waals surface area contributed by atoms with Gasteiger partial charge in [0, 0.05) is 24.1 Å². The average Bonchev–Trinajstić information content (AvgIpc) is 2.74. The van der Waals surface area contributed by atoms with E-state index in [0.29, 0.717) is 18.6 Å². The Kier molecular flexibility index (Phi) is 4.37. The summed E-state index contributed by atoms with van der Waals surface area (Å²) in [6.07, 6.45) is 3.57. The molecule has 2 heterocycles. The maximum Gasteiger partial charge on any atom is 0.319 e. The topological polar surface area (TPSA) is 57.2 Å². The van der Waals surface area contributed by atoms with Gasteiger partial charge in [-0.1, -0.05) is 6.07 Å². The molecule has 1 saturated carbocycles. The highest BCUT2D eigenvalue weighted by Crippen LogP contribution is 2.68. The van der Waals surface area contributed by atoms with Crippen LogP contribution in [0.5, 0.6) is 11.5 Å². The van der Waals surface area contributed by atoms with Crippen LogP contribution in [-0.4, -0.2) is 64.0 Å². The summed E-state index contributed by atoms with van der Waals surface area (Å²) in [5, 5.41) is 0. The highest BCUT2D eigenvalue weighted by molar-refractivity contribution is 5.83. The van der Waals surface area contributed by atoms with Gasteiger partial charge in [-0.05, 0) is 63.7 Å². The third-order valence-corrected chi connectivity index (χ3v) is 8.28. The van der Waals surface area contributed by atoms with Crippen molar-refractivity contribution in [1.82, 2.24) is 4.90 Å². The lowest BCUT2D eigenvalue weighted by molar-refractivity contribution is -0.210. The molecule has 1 aromatic rings. The highest BCUT2D eigenvalue weighted by Gasteiger charge is 2.74. The second-order valence-electron chi connectivity index (χ2n) is 8.99. The SMILES string of the molecule is CCOC(=O)[C@@]12COc3c(OC)ccc4c3[C@@]13CCN(C)[C@H](C4)C3CCC2OC. The van der Waals surface area contributed by atoms with Crippen molar-refractivity contribution in [2.75, 3.05) is 41.0 Å². The van der Waals surface area contributed by atoms with Crippen LogP contribution >= 0.6 is 0 Å². The van der Waals surface area contributed by atoms with E-state index < -0.39 is 5.41 Å². The predicted molar refractivity (Wildman–Crippen MR) is 107 cm³/mol. The van der Waals surface area contributed by atoms with Crippen molar-refractivity contribution < 1.29 is 23.7 Å². The van der Waals surface area contributed by atoms with E-state index in [-0.39, 0.29) is 24.1 Å². The fourth-order valence-electron chi connectivity index (χ4n) is 7.18. The molecule has 6 heteroatoms. The first kappa shape index (κ1) is 19.2. The monoisotopic (exact) mass is 401 g/mol. The quantitative estimate of drug-likeness (QED) is 0.723. The molecule has 0 amide bonds. The van der Waals surface area contributed by atoms with E-state index in [2.05, 4.69) is 18.0 Å². The van der Waals surface area contributed by atoms with Crippen LogP contribution in [0.2, 0.25) is 0 Å². The molecule has 5 rings (SSSR count). The summed E-state index contributed by atoms with van der Waals surface area (Å²) in [4.78, 5) is 16.2. The van der Waals surface area contributed by atoms with E-state index in [9.17, 15) is 4.79 Å². The van der Waals surface area contributed by atoms with Gasteiger partial charge in [-0.15, -0.1) is 0 Å². The van der Waals surface area contributed by atoms with Gasteiger partial charge in [-0.3, -0.25) is 4.79 Å². The fraction of sp³-hybridized carbons (Fsp3) is 0.696. The number of nitrogens with zero attached hydrogens (tertiary/aromatic N) is 1. The van der Waals surface area contributed by atoms with Gasteiger partial charge in [-0.25, -0.2) is 0 Å². The van der Waals surface area contributed by atoms with Crippen LogP contribution < -0.4 is 9.47 Å².